The van der Waals surface area contributed by atoms with Crippen LogP contribution in [0.3, 0.4) is 0 Å². The highest BCUT2D eigenvalue weighted by atomic mass is 16.2. The highest BCUT2D eigenvalue weighted by Crippen LogP contribution is 2.05. The van der Waals surface area contributed by atoms with Gasteiger partial charge in [0.15, 0.2) is 0 Å². The van der Waals surface area contributed by atoms with Crippen molar-refractivity contribution in [3.8, 4) is 0 Å². The molecule has 4 nitrogen and oxygen atoms in total. The molecule has 0 aliphatic heterocycles. The third-order valence-electron chi connectivity index (χ3n) is 2.72. The summed E-state index contributed by atoms with van der Waals surface area (Å²) in [5, 5.41) is 6.56. The summed E-state index contributed by atoms with van der Waals surface area (Å²) in [6, 6.07) is 8.89. The van der Waals surface area contributed by atoms with Gasteiger partial charge in [-0.05, 0) is 51.8 Å². The molecule has 0 spiro atoms. The molecule has 1 rings (SSSR count). The lowest BCUT2D eigenvalue weighted by atomic mass is 10.1. The van der Waals surface area contributed by atoms with E-state index in [0.717, 1.165) is 18.5 Å². The first-order valence-corrected chi connectivity index (χ1v) is 7.02. The number of hydrogen-bond donors (Lipinski definition) is 2. The lowest BCUT2D eigenvalue weighted by Crippen LogP contribution is -2.23. The maximum absolute atomic E-state index is 11.5. The Hall–Kier alpha value is -2.36. The molecule has 2 amide bonds. The molecule has 4 heteroatoms. The smallest absolute Gasteiger partial charge is 0.307 e. The van der Waals surface area contributed by atoms with Gasteiger partial charge in [-0.2, -0.15) is 5.10 Å². The summed E-state index contributed by atoms with van der Waals surface area (Å²) in [5.74, 6) is 0. The van der Waals surface area contributed by atoms with E-state index in [-0.39, 0.29) is 6.03 Å². The first-order valence-electron chi connectivity index (χ1n) is 7.02. The van der Waals surface area contributed by atoms with E-state index >= 15 is 0 Å². The number of hydrazone groups is 1. The number of carbonyl (C=O) groups is 1. The largest absolute Gasteiger partial charge is 0.339 e. The fourth-order valence-corrected chi connectivity index (χ4v) is 1.61. The summed E-state index contributed by atoms with van der Waals surface area (Å²) in [6.45, 7) is 6.24. The van der Waals surface area contributed by atoms with E-state index in [2.05, 4.69) is 42.7 Å². The molecule has 1 aromatic rings. The summed E-state index contributed by atoms with van der Waals surface area (Å²) in [6.07, 6.45) is 7.73. The van der Waals surface area contributed by atoms with Crippen LogP contribution in [0.5, 0.6) is 0 Å². The molecule has 0 bridgehead atoms. The number of amides is 2. The van der Waals surface area contributed by atoms with Gasteiger partial charge in [0, 0.05) is 11.9 Å². The number of hydrogen-bond acceptors (Lipinski definition) is 2. The van der Waals surface area contributed by atoms with Crippen molar-refractivity contribution in [3.63, 3.8) is 0 Å². The maximum Gasteiger partial charge on any atom is 0.339 e. The molecule has 0 aliphatic carbocycles. The molecule has 0 fully saturated rings. The quantitative estimate of drug-likeness (QED) is 0.452. The van der Waals surface area contributed by atoms with Crippen LogP contribution in [0.15, 0.2) is 58.7 Å². The van der Waals surface area contributed by atoms with Crippen LogP contribution in [-0.4, -0.2) is 12.2 Å². The average molecular weight is 285 g/mol. The fourth-order valence-electron chi connectivity index (χ4n) is 1.61. The van der Waals surface area contributed by atoms with Crippen LogP contribution in [-0.2, 0) is 0 Å². The van der Waals surface area contributed by atoms with Crippen molar-refractivity contribution in [2.45, 2.75) is 33.6 Å². The molecule has 0 radical (unpaired) electrons. The minimum Gasteiger partial charge on any atom is -0.307 e. The Morgan fingerprint density at radius 3 is 2.57 bits per heavy atom. The number of carbonyl (C=O) groups excluding carboxylic acids is 1. The van der Waals surface area contributed by atoms with Gasteiger partial charge in [0.2, 0.25) is 0 Å². The second kappa shape index (κ2) is 9.53. The van der Waals surface area contributed by atoms with E-state index in [1.165, 1.54) is 11.1 Å². The van der Waals surface area contributed by atoms with Crippen molar-refractivity contribution < 1.29 is 4.79 Å². The molecule has 2 N–H and O–H groups in total. The number of para-hydroxylation sites is 1. The Kier molecular flexibility index (Phi) is 7.58. The number of anilines is 1. The Morgan fingerprint density at radius 1 is 1.19 bits per heavy atom. The monoisotopic (exact) mass is 285 g/mol. The Bertz CT molecular complexity index is 526. The molecule has 1 aromatic carbocycles. The highest BCUT2D eigenvalue weighted by molar-refractivity contribution is 5.89. The SMILES string of the molecule is CC(C)=CCC/C(C)=C/C=N\NC(=O)Nc1ccccc1. The third kappa shape index (κ3) is 8.42. The van der Waals surface area contributed by atoms with E-state index in [1.54, 1.807) is 6.21 Å². The van der Waals surface area contributed by atoms with Gasteiger partial charge in [-0.25, -0.2) is 10.2 Å². The van der Waals surface area contributed by atoms with Crippen LogP contribution in [0.4, 0.5) is 10.5 Å². The average Bonchev–Trinajstić information content (AvgIpc) is 2.44. The number of rotatable bonds is 6. The molecule has 0 aromatic heterocycles. The first kappa shape index (κ1) is 16.7. The number of urea groups is 1. The predicted octanol–water partition coefficient (Wildman–Crippen LogP) is 4.49. The zero-order chi connectivity index (χ0) is 15.5. The maximum atomic E-state index is 11.5. The Balaban J connectivity index is 2.30. The van der Waals surface area contributed by atoms with Gasteiger partial charge in [-0.1, -0.05) is 35.4 Å². The van der Waals surface area contributed by atoms with Gasteiger partial charge < -0.3 is 5.32 Å². The number of nitrogens with zero attached hydrogens (tertiary/aromatic N) is 1. The van der Waals surface area contributed by atoms with Crippen molar-refractivity contribution in [2.24, 2.45) is 5.10 Å². The number of benzene rings is 1. The van der Waals surface area contributed by atoms with Crippen LogP contribution in [0.1, 0.15) is 33.6 Å². The number of nitrogens with one attached hydrogen (secondary N) is 2. The van der Waals surface area contributed by atoms with Crippen LogP contribution < -0.4 is 10.7 Å². The summed E-state index contributed by atoms with van der Waals surface area (Å²) in [7, 11) is 0. The highest BCUT2D eigenvalue weighted by Gasteiger charge is 1.97. The molecule has 0 heterocycles. The van der Waals surface area contributed by atoms with E-state index in [4.69, 9.17) is 0 Å². The van der Waals surface area contributed by atoms with E-state index < -0.39 is 0 Å². The zero-order valence-corrected chi connectivity index (χ0v) is 12.9. The van der Waals surface area contributed by atoms with Gasteiger partial charge in [0.05, 0.1) is 0 Å². The van der Waals surface area contributed by atoms with Gasteiger partial charge in [-0.15, -0.1) is 0 Å². The van der Waals surface area contributed by atoms with E-state index in [0.29, 0.717) is 0 Å². The molecule has 21 heavy (non-hydrogen) atoms. The van der Waals surface area contributed by atoms with Gasteiger partial charge in [-0.3, -0.25) is 0 Å². The van der Waals surface area contributed by atoms with Gasteiger partial charge >= 0.3 is 6.03 Å². The van der Waals surface area contributed by atoms with Crippen molar-refractivity contribution in [2.75, 3.05) is 5.32 Å². The second-order valence-electron chi connectivity index (χ2n) is 5.04. The summed E-state index contributed by atoms with van der Waals surface area (Å²) in [4.78, 5) is 11.5. The second-order valence-corrected chi connectivity index (χ2v) is 5.04. The topological polar surface area (TPSA) is 53.5 Å². The van der Waals surface area contributed by atoms with Crippen LogP contribution in [0.2, 0.25) is 0 Å². The zero-order valence-electron chi connectivity index (χ0n) is 12.9. The molecule has 0 unspecified atom stereocenters. The van der Waals surface area contributed by atoms with E-state index in [9.17, 15) is 4.79 Å². The summed E-state index contributed by atoms with van der Waals surface area (Å²) >= 11 is 0. The molecular formula is C17H23N3O. The fraction of sp³-hybridized carbons (Fsp3) is 0.294. The Morgan fingerprint density at radius 2 is 1.90 bits per heavy atom. The van der Waals surface area contributed by atoms with Gasteiger partial charge in [0.25, 0.3) is 0 Å². The van der Waals surface area contributed by atoms with Crippen LogP contribution in [0.25, 0.3) is 0 Å². The van der Waals surface area contributed by atoms with Crippen molar-refractivity contribution in [1.82, 2.24) is 5.43 Å². The molecule has 0 saturated heterocycles. The van der Waals surface area contributed by atoms with Crippen molar-refractivity contribution in [1.29, 1.82) is 0 Å². The molecule has 112 valence electrons. The minimum absolute atomic E-state index is 0.354. The van der Waals surface area contributed by atoms with Gasteiger partial charge in [0.1, 0.15) is 0 Å². The van der Waals surface area contributed by atoms with Crippen molar-refractivity contribution in [3.05, 3.63) is 53.6 Å². The molecule has 0 atom stereocenters. The lowest BCUT2D eigenvalue weighted by Gasteiger charge is -2.02. The van der Waals surface area contributed by atoms with Crippen LogP contribution in [0, 0.1) is 0 Å². The Labute approximate surface area is 126 Å². The van der Waals surface area contributed by atoms with E-state index in [1.807, 2.05) is 36.4 Å². The normalized spacial score (nSPS) is 11.3. The first-order chi connectivity index (χ1) is 10.1. The summed E-state index contributed by atoms with van der Waals surface area (Å²) < 4.78 is 0. The lowest BCUT2D eigenvalue weighted by molar-refractivity contribution is 0.252. The predicted molar refractivity (Wildman–Crippen MR) is 89.5 cm³/mol. The van der Waals surface area contributed by atoms with Crippen LogP contribution >= 0.6 is 0 Å². The standard InChI is InChI=1S/C17H23N3O/c1-14(2)8-7-9-15(3)12-13-18-20-17(21)19-16-10-5-4-6-11-16/h4-6,8,10-13H,7,9H2,1-3H3,(H2,19,20,21)/b15-12+,18-13-. The molecule has 0 aliphatic rings. The number of allylic oxidation sites excluding steroid dienone is 4. The summed E-state index contributed by atoms with van der Waals surface area (Å²) in [5.41, 5.74) is 5.71. The minimum atomic E-state index is -0.354. The van der Waals surface area contributed by atoms with Crippen molar-refractivity contribution >= 4 is 17.9 Å². The third-order valence-corrected chi connectivity index (χ3v) is 2.72. The molecular weight excluding hydrogens is 262 g/mol. The molecule has 0 saturated carbocycles.